The first-order valence-electron chi connectivity index (χ1n) is 8.30. The molecule has 1 atom stereocenters. The maximum absolute atomic E-state index is 6.01. The van der Waals surface area contributed by atoms with Crippen LogP contribution >= 0.6 is 0 Å². The minimum Gasteiger partial charge on any atom is -0.383 e. The molecule has 116 valence electrons. The van der Waals surface area contributed by atoms with Crippen molar-refractivity contribution in [1.82, 2.24) is 9.88 Å². The molecule has 1 aliphatic rings. The number of rotatable bonds is 5. The third-order valence-electron chi connectivity index (χ3n) is 4.66. The molecule has 1 saturated heterocycles. The molecule has 1 aliphatic heterocycles. The third kappa shape index (κ3) is 3.86. The van der Waals surface area contributed by atoms with Crippen LogP contribution in [0.3, 0.4) is 0 Å². The molecule has 2 heterocycles. The standard InChI is InChI=1S/C19H25N3/c20-19-17(9-6-13-21-19)15-22-14-5-4-10-18(22)12-11-16-7-2-1-3-8-16/h1-3,6-9,13,18H,4-5,10-12,14-15H2,(H2,20,21). The molecule has 0 aliphatic carbocycles. The van der Waals surface area contributed by atoms with E-state index in [9.17, 15) is 0 Å². The Morgan fingerprint density at radius 3 is 2.77 bits per heavy atom. The number of aromatic nitrogens is 1. The average Bonchev–Trinajstić information content (AvgIpc) is 2.57. The van der Waals surface area contributed by atoms with Gasteiger partial charge in [-0.2, -0.15) is 0 Å². The van der Waals surface area contributed by atoms with E-state index in [1.54, 1.807) is 6.20 Å². The summed E-state index contributed by atoms with van der Waals surface area (Å²) in [5.74, 6) is 0.676. The Balaban J connectivity index is 1.62. The Kier molecular flexibility index (Phi) is 5.07. The van der Waals surface area contributed by atoms with Crippen molar-refractivity contribution in [3.05, 3.63) is 59.8 Å². The zero-order chi connectivity index (χ0) is 15.2. The predicted octanol–water partition coefficient (Wildman–Crippen LogP) is 3.65. The van der Waals surface area contributed by atoms with Crippen molar-refractivity contribution in [1.29, 1.82) is 0 Å². The van der Waals surface area contributed by atoms with Crippen molar-refractivity contribution in [3.8, 4) is 0 Å². The number of hydrogen-bond donors (Lipinski definition) is 1. The molecule has 3 rings (SSSR count). The minimum atomic E-state index is 0.661. The van der Waals surface area contributed by atoms with Gasteiger partial charge in [0.2, 0.25) is 0 Å². The molecule has 0 bridgehead atoms. The Hall–Kier alpha value is -1.87. The largest absolute Gasteiger partial charge is 0.383 e. The second kappa shape index (κ2) is 7.41. The highest BCUT2D eigenvalue weighted by Crippen LogP contribution is 2.24. The summed E-state index contributed by atoms with van der Waals surface area (Å²) >= 11 is 0. The van der Waals surface area contributed by atoms with Crippen LogP contribution < -0.4 is 5.73 Å². The normalized spacial score (nSPS) is 19.2. The molecule has 2 N–H and O–H groups in total. The molecule has 22 heavy (non-hydrogen) atoms. The Morgan fingerprint density at radius 2 is 1.95 bits per heavy atom. The first kappa shape index (κ1) is 15.0. The summed E-state index contributed by atoms with van der Waals surface area (Å²) in [5, 5.41) is 0. The van der Waals surface area contributed by atoms with Gasteiger partial charge in [-0.3, -0.25) is 4.90 Å². The first-order valence-corrected chi connectivity index (χ1v) is 8.30. The quantitative estimate of drug-likeness (QED) is 0.915. The maximum atomic E-state index is 6.01. The van der Waals surface area contributed by atoms with Crippen molar-refractivity contribution < 1.29 is 0 Å². The molecule has 1 unspecified atom stereocenters. The average molecular weight is 295 g/mol. The van der Waals surface area contributed by atoms with Gasteiger partial charge < -0.3 is 5.73 Å². The number of anilines is 1. The van der Waals surface area contributed by atoms with Gasteiger partial charge in [-0.25, -0.2) is 4.98 Å². The molecule has 0 radical (unpaired) electrons. The van der Waals surface area contributed by atoms with E-state index < -0.39 is 0 Å². The lowest BCUT2D eigenvalue weighted by atomic mass is 9.95. The lowest BCUT2D eigenvalue weighted by Gasteiger charge is -2.36. The molecule has 1 fully saturated rings. The Labute approximate surface area is 133 Å². The van der Waals surface area contributed by atoms with Crippen molar-refractivity contribution >= 4 is 5.82 Å². The summed E-state index contributed by atoms with van der Waals surface area (Å²) in [7, 11) is 0. The van der Waals surface area contributed by atoms with Gasteiger partial charge in [0.1, 0.15) is 5.82 Å². The fourth-order valence-electron chi connectivity index (χ4n) is 3.38. The smallest absolute Gasteiger partial charge is 0.127 e. The molecule has 1 aromatic heterocycles. The summed E-state index contributed by atoms with van der Waals surface area (Å²) in [4.78, 5) is 6.81. The van der Waals surface area contributed by atoms with E-state index in [2.05, 4.69) is 46.3 Å². The Morgan fingerprint density at radius 1 is 1.09 bits per heavy atom. The number of nitrogens with zero attached hydrogens (tertiary/aromatic N) is 2. The maximum Gasteiger partial charge on any atom is 0.127 e. The van der Waals surface area contributed by atoms with E-state index in [1.807, 2.05) is 6.07 Å². The van der Waals surface area contributed by atoms with Crippen molar-refractivity contribution in [2.24, 2.45) is 0 Å². The first-order chi connectivity index (χ1) is 10.8. The van der Waals surface area contributed by atoms with Crippen LogP contribution in [0, 0.1) is 0 Å². The molecular formula is C19H25N3. The zero-order valence-electron chi connectivity index (χ0n) is 13.1. The summed E-state index contributed by atoms with van der Waals surface area (Å²) in [6, 6.07) is 15.5. The van der Waals surface area contributed by atoms with Crippen LogP contribution in [0.5, 0.6) is 0 Å². The number of benzene rings is 1. The fourth-order valence-corrected chi connectivity index (χ4v) is 3.38. The van der Waals surface area contributed by atoms with Gasteiger partial charge in [-0.15, -0.1) is 0 Å². The fraction of sp³-hybridized carbons (Fsp3) is 0.421. The van der Waals surface area contributed by atoms with Gasteiger partial charge in [-0.05, 0) is 43.9 Å². The topological polar surface area (TPSA) is 42.1 Å². The van der Waals surface area contributed by atoms with Crippen LogP contribution in [0.25, 0.3) is 0 Å². The molecule has 1 aromatic carbocycles. The van der Waals surface area contributed by atoms with Crippen molar-refractivity contribution in [2.75, 3.05) is 12.3 Å². The number of nitrogen functional groups attached to an aromatic ring is 1. The van der Waals surface area contributed by atoms with E-state index in [1.165, 1.54) is 37.8 Å². The van der Waals surface area contributed by atoms with Crippen LogP contribution in [0.4, 0.5) is 5.82 Å². The zero-order valence-corrected chi connectivity index (χ0v) is 13.1. The number of nitrogens with two attached hydrogens (primary N) is 1. The second-order valence-corrected chi connectivity index (χ2v) is 6.19. The molecule has 0 amide bonds. The van der Waals surface area contributed by atoms with Crippen LogP contribution in [0.2, 0.25) is 0 Å². The van der Waals surface area contributed by atoms with Gasteiger partial charge in [0, 0.05) is 24.3 Å². The molecule has 3 heteroatoms. The van der Waals surface area contributed by atoms with Gasteiger partial charge in [-0.1, -0.05) is 42.8 Å². The van der Waals surface area contributed by atoms with E-state index in [-0.39, 0.29) is 0 Å². The molecular weight excluding hydrogens is 270 g/mol. The molecule has 2 aromatic rings. The lowest BCUT2D eigenvalue weighted by molar-refractivity contribution is 0.132. The summed E-state index contributed by atoms with van der Waals surface area (Å²) in [6.45, 7) is 2.10. The highest BCUT2D eigenvalue weighted by Gasteiger charge is 2.22. The number of likely N-dealkylation sites (tertiary alicyclic amines) is 1. The molecule has 0 saturated carbocycles. The highest BCUT2D eigenvalue weighted by molar-refractivity contribution is 5.38. The van der Waals surface area contributed by atoms with E-state index >= 15 is 0 Å². The van der Waals surface area contributed by atoms with Gasteiger partial charge in [0.25, 0.3) is 0 Å². The molecule has 0 spiro atoms. The van der Waals surface area contributed by atoms with E-state index in [0.29, 0.717) is 11.9 Å². The van der Waals surface area contributed by atoms with Crippen LogP contribution in [-0.2, 0) is 13.0 Å². The van der Waals surface area contributed by atoms with Crippen molar-refractivity contribution in [2.45, 2.75) is 44.7 Å². The third-order valence-corrected chi connectivity index (χ3v) is 4.66. The molecule has 3 nitrogen and oxygen atoms in total. The summed E-state index contributed by atoms with van der Waals surface area (Å²) < 4.78 is 0. The van der Waals surface area contributed by atoms with E-state index in [0.717, 1.165) is 18.5 Å². The van der Waals surface area contributed by atoms with Gasteiger partial charge in [0.15, 0.2) is 0 Å². The SMILES string of the molecule is Nc1ncccc1CN1CCCCC1CCc1ccccc1. The van der Waals surface area contributed by atoms with Crippen molar-refractivity contribution in [3.63, 3.8) is 0 Å². The lowest BCUT2D eigenvalue weighted by Crippen LogP contribution is -2.39. The second-order valence-electron chi connectivity index (χ2n) is 6.19. The summed E-state index contributed by atoms with van der Waals surface area (Å²) in [6.07, 6.45) is 8.09. The van der Waals surface area contributed by atoms with Gasteiger partial charge >= 0.3 is 0 Å². The number of hydrogen-bond acceptors (Lipinski definition) is 3. The number of pyridine rings is 1. The minimum absolute atomic E-state index is 0.661. The Bertz CT molecular complexity index is 582. The number of aryl methyl sites for hydroxylation is 1. The van der Waals surface area contributed by atoms with E-state index in [4.69, 9.17) is 5.73 Å². The van der Waals surface area contributed by atoms with Gasteiger partial charge in [0.05, 0.1) is 0 Å². The summed E-state index contributed by atoms with van der Waals surface area (Å²) in [5.41, 5.74) is 8.61. The highest BCUT2D eigenvalue weighted by atomic mass is 15.2. The number of piperidine rings is 1. The predicted molar refractivity (Wildman–Crippen MR) is 91.5 cm³/mol. The van der Waals surface area contributed by atoms with Crippen LogP contribution in [0.1, 0.15) is 36.8 Å². The van der Waals surface area contributed by atoms with Crippen LogP contribution in [-0.4, -0.2) is 22.5 Å². The van der Waals surface area contributed by atoms with Crippen LogP contribution in [0.15, 0.2) is 48.7 Å². The monoisotopic (exact) mass is 295 g/mol.